The van der Waals surface area contributed by atoms with E-state index in [4.69, 9.17) is 21.8 Å². The summed E-state index contributed by atoms with van der Waals surface area (Å²) in [7, 11) is 0. The van der Waals surface area contributed by atoms with Gasteiger partial charge in [0.25, 0.3) is 5.91 Å². The number of rotatable bonds is 3. The molecular weight excluding hydrogens is 304 g/mol. The molecule has 1 aromatic carbocycles. The average Bonchev–Trinajstić information content (AvgIpc) is 3.17. The molecule has 2 heterocycles. The predicted molar refractivity (Wildman–Crippen MR) is 82.4 cm³/mol. The van der Waals surface area contributed by atoms with Crippen LogP contribution in [0.4, 0.5) is 0 Å². The zero-order chi connectivity index (χ0) is 15.7. The fourth-order valence-electron chi connectivity index (χ4n) is 2.55. The van der Waals surface area contributed by atoms with E-state index in [9.17, 15) is 9.59 Å². The Labute approximate surface area is 132 Å². The van der Waals surface area contributed by atoms with Gasteiger partial charge in [-0.3, -0.25) is 9.59 Å². The number of likely N-dealkylation sites (tertiary alicyclic amines) is 1. The van der Waals surface area contributed by atoms with E-state index in [-0.39, 0.29) is 23.5 Å². The summed E-state index contributed by atoms with van der Waals surface area (Å²) in [6.45, 7) is 0.870. The molecule has 1 aromatic heterocycles. The number of hydrogen-bond donors (Lipinski definition) is 1. The fraction of sp³-hybridized carbons (Fsp3) is 0.250. The number of nitrogens with two attached hydrogens (primary N) is 1. The Morgan fingerprint density at radius 2 is 1.91 bits per heavy atom. The summed E-state index contributed by atoms with van der Waals surface area (Å²) in [6.07, 6.45) is 0.603. The van der Waals surface area contributed by atoms with Crippen molar-refractivity contribution in [2.45, 2.75) is 6.42 Å². The smallest absolute Gasteiger partial charge is 0.289 e. The molecule has 0 aliphatic carbocycles. The molecule has 0 unspecified atom stereocenters. The summed E-state index contributed by atoms with van der Waals surface area (Å²) >= 11 is 5.85. The van der Waals surface area contributed by atoms with E-state index in [1.54, 1.807) is 29.2 Å². The van der Waals surface area contributed by atoms with Gasteiger partial charge in [-0.2, -0.15) is 0 Å². The van der Waals surface area contributed by atoms with Crippen molar-refractivity contribution in [3.05, 3.63) is 47.2 Å². The van der Waals surface area contributed by atoms with Gasteiger partial charge in [0.2, 0.25) is 5.91 Å². The summed E-state index contributed by atoms with van der Waals surface area (Å²) in [5, 5.41) is 0.640. The molecule has 0 radical (unpaired) electrons. The summed E-state index contributed by atoms with van der Waals surface area (Å²) < 4.78 is 5.63. The number of halogens is 1. The third kappa shape index (κ3) is 2.85. The highest BCUT2D eigenvalue weighted by Gasteiger charge is 2.31. The lowest BCUT2D eigenvalue weighted by atomic mass is 10.1. The Morgan fingerprint density at radius 1 is 1.18 bits per heavy atom. The van der Waals surface area contributed by atoms with Crippen LogP contribution in [0, 0.1) is 5.92 Å². The van der Waals surface area contributed by atoms with E-state index in [2.05, 4.69) is 0 Å². The highest BCUT2D eigenvalue weighted by molar-refractivity contribution is 6.30. The topological polar surface area (TPSA) is 76.5 Å². The molecule has 5 nitrogen and oxygen atoms in total. The first-order chi connectivity index (χ1) is 10.5. The molecule has 1 aliphatic heterocycles. The summed E-state index contributed by atoms with van der Waals surface area (Å²) in [6, 6.07) is 10.6. The lowest BCUT2D eigenvalue weighted by Gasteiger charge is -2.13. The van der Waals surface area contributed by atoms with Crippen molar-refractivity contribution in [2.75, 3.05) is 13.1 Å². The highest BCUT2D eigenvalue weighted by atomic mass is 35.5. The zero-order valence-electron chi connectivity index (χ0n) is 11.8. The molecule has 1 aliphatic rings. The maximum absolute atomic E-state index is 12.4. The van der Waals surface area contributed by atoms with Crippen molar-refractivity contribution < 1.29 is 14.0 Å². The van der Waals surface area contributed by atoms with Crippen molar-refractivity contribution in [1.82, 2.24) is 4.90 Å². The molecule has 2 aromatic rings. The SMILES string of the molecule is NC(=O)[C@H]1CCN(C(=O)c2ccc(-c3ccc(Cl)cc3)o2)C1. The van der Waals surface area contributed by atoms with E-state index < -0.39 is 0 Å². The molecule has 22 heavy (non-hydrogen) atoms. The van der Waals surface area contributed by atoms with Gasteiger partial charge in [-0.05, 0) is 42.8 Å². The Bertz CT molecular complexity index is 708. The number of hydrogen-bond acceptors (Lipinski definition) is 3. The number of primary amides is 1. The summed E-state index contributed by atoms with van der Waals surface area (Å²) in [4.78, 5) is 25.1. The highest BCUT2D eigenvalue weighted by Crippen LogP contribution is 2.25. The normalized spacial score (nSPS) is 17.7. The van der Waals surface area contributed by atoms with Gasteiger partial charge in [-0.1, -0.05) is 11.6 Å². The molecule has 3 rings (SSSR count). The quantitative estimate of drug-likeness (QED) is 0.944. The summed E-state index contributed by atoms with van der Waals surface area (Å²) in [5.74, 6) is 0.0101. The van der Waals surface area contributed by atoms with Crippen LogP contribution >= 0.6 is 11.6 Å². The predicted octanol–water partition coefficient (Wildman–Crippen LogP) is 2.55. The molecule has 0 spiro atoms. The van der Waals surface area contributed by atoms with Crippen LogP contribution in [0.2, 0.25) is 5.02 Å². The van der Waals surface area contributed by atoms with Crippen LogP contribution < -0.4 is 5.73 Å². The molecule has 1 atom stereocenters. The van der Waals surface area contributed by atoms with Crippen molar-refractivity contribution in [3.63, 3.8) is 0 Å². The lowest BCUT2D eigenvalue weighted by molar-refractivity contribution is -0.121. The first kappa shape index (κ1) is 14.7. The third-order valence-corrected chi connectivity index (χ3v) is 4.08. The molecule has 2 N–H and O–H groups in total. The van der Waals surface area contributed by atoms with Gasteiger partial charge in [-0.15, -0.1) is 0 Å². The van der Waals surface area contributed by atoms with Crippen LogP contribution in [0.1, 0.15) is 17.0 Å². The second kappa shape index (κ2) is 5.85. The van der Waals surface area contributed by atoms with Crippen molar-refractivity contribution in [3.8, 4) is 11.3 Å². The van der Waals surface area contributed by atoms with Crippen molar-refractivity contribution in [1.29, 1.82) is 0 Å². The molecule has 0 saturated carbocycles. The van der Waals surface area contributed by atoms with E-state index in [0.29, 0.717) is 30.3 Å². The first-order valence-corrected chi connectivity index (χ1v) is 7.37. The lowest BCUT2D eigenvalue weighted by Crippen LogP contribution is -2.31. The van der Waals surface area contributed by atoms with Crippen molar-refractivity contribution in [2.24, 2.45) is 11.7 Å². The minimum Gasteiger partial charge on any atom is -0.451 e. The van der Waals surface area contributed by atoms with E-state index >= 15 is 0 Å². The van der Waals surface area contributed by atoms with E-state index in [1.165, 1.54) is 0 Å². The number of nitrogens with zero attached hydrogens (tertiary/aromatic N) is 1. The molecule has 114 valence electrons. The van der Waals surface area contributed by atoms with Crippen LogP contribution in [0.15, 0.2) is 40.8 Å². The Morgan fingerprint density at radius 3 is 2.55 bits per heavy atom. The largest absolute Gasteiger partial charge is 0.451 e. The zero-order valence-corrected chi connectivity index (χ0v) is 12.5. The second-order valence-electron chi connectivity index (χ2n) is 5.31. The Hall–Kier alpha value is -2.27. The molecular formula is C16H15ClN2O3. The third-order valence-electron chi connectivity index (χ3n) is 3.82. The van der Waals surface area contributed by atoms with Crippen LogP contribution in [0.3, 0.4) is 0 Å². The van der Waals surface area contributed by atoms with Gasteiger partial charge < -0.3 is 15.1 Å². The fourth-order valence-corrected chi connectivity index (χ4v) is 2.68. The number of amides is 2. The molecule has 0 bridgehead atoms. The average molecular weight is 319 g/mol. The minimum atomic E-state index is -0.364. The van der Waals surface area contributed by atoms with Gasteiger partial charge in [-0.25, -0.2) is 0 Å². The maximum atomic E-state index is 12.4. The van der Waals surface area contributed by atoms with Crippen molar-refractivity contribution >= 4 is 23.4 Å². The van der Waals surface area contributed by atoms with Crippen LogP contribution in [0.5, 0.6) is 0 Å². The number of benzene rings is 1. The van der Waals surface area contributed by atoms with Gasteiger partial charge in [0, 0.05) is 23.7 Å². The van der Waals surface area contributed by atoms with Gasteiger partial charge in [0.1, 0.15) is 5.76 Å². The molecule has 1 saturated heterocycles. The van der Waals surface area contributed by atoms with Crippen LogP contribution in [-0.4, -0.2) is 29.8 Å². The maximum Gasteiger partial charge on any atom is 0.289 e. The van der Waals surface area contributed by atoms with Gasteiger partial charge in [0.05, 0.1) is 5.92 Å². The van der Waals surface area contributed by atoms with E-state index in [0.717, 1.165) is 5.56 Å². The van der Waals surface area contributed by atoms with Crippen LogP contribution in [-0.2, 0) is 4.79 Å². The monoisotopic (exact) mass is 318 g/mol. The number of furan rings is 1. The molecule has 6 heteroatoms. The minimum absolute atomic E-state index is 0.219. The first-order valence-electron chi connectivity index (χ1n) is 6.99. The second-order valence-corrected chi connectivity index (χ2v) is 5.75. The molecule has 2 amide bonds. The molecule has 1 fully saturated rings. The van der Waals surface area contributed by atoms with Gasteiger partial charge >= 0.3 is 0 Å². The van der Waals surface area contributed by atoms with Gasteiger partial charge in [0.15, 0.2) is 5.76 Å². The Kier molecular flexibility index (Phi) is 3.90. The number of carbonyl (C=O) groups excluding carboxylic acids is 2. The van der Waals surface area contributed by atoms with E-state index in [1.807, 2.05) is 12.1 Å². The standard InChI is InChI=1S/C16H15ClN2O3/c17-12-3-1-10(2-4-12)13-5-6-14(22-13)16(21)19-8-7-11(9-19)15(18)20/h1-6,11H,7-9H2,(H2,18,20)/t11-/m0/s1. The van der Waals surface area contributed by atoms with Crippen LogP contribution in [0.25, 0.3) is 11.3 Å². The summed E-state index contributed by atoms with van der Waals surface area (Å²) in [5.41, 5.74) is 6.13. The number of carbonyl (C=O) groups is 2. The Balaban J connectivity index is 1.75.